The molecule has 1 fully saturated rings. The van der Waals surface area contributed by atoms with E-state index in [-0.39, 0.29) is 5.25 Å². The van der Waals surface area contributed by atoms with E-state index >= 15 is 0 Å². The largest absolute Gasteiger partial charge is 0.299 e. The highest BCUT2D eigenvalue weighted by Gasteiger charge is 2.24. The summed E-state index contributed by atoms with van der Waals surface area (Å²) in [7, 11) is -2.89. The summed E-state index contributed by atoms with van der Waals surface area (Å²) in [4.78, 5) is 2.37. The van der Waals surface area contributed by atoms with Crippen LogP contribution in [0.4, 0.5) is 0 Å². The van der Waals surface area contributed by atoms with Crippen molar-refractivity contribution in [2.24, 2.45) is 0 Å². The van der Waals surface area contributed by atoms with Gasteiger partial charge in [-0.3, -0.25) is 4.90 Å². The van der Waals surface area contributed by atoms with Gasteiger partial charge in [0.25, 0.3) is 0 Å². The van der Waals surface area contributed by atoms with Crippen molar-refractivity contribution >= 4 is 25.8 Å². The summed E-state index contributed by atoms with van der Waals surface area (Å²) in [6.45, 7) is 5.30. The van der Waals surface area contributed by atoms with Gasteiger partial charge in [0.15, 0.2) is 9.84 Å². The van der Waals surface area contributed by atoms with Crippen LogP contribution in [0.15, 0.2) is 0 Å². The van der Waals surface area contributed by atoms with Crippen molar-refractivity contribution in [2.45, 2.75) is 50.8 Å². The molecule has 1 saturated heterocycles. The molecule has 0 amide bonds. The van der Waals surface area contributed by atoms with Gasteiger partial charge in [0.2, 0.25) is 0 Å². The average Bonchev–Trinajstić information content (AvgIpc) is 2.28. The maximum absolute atomic E-state index is 11.8. The lowest BCUT2D eigenvalue weighted by molar-refractivity contribution is 0.154. The van der Waals surface area contributed by atoms with Gasteiger partial charge in [0.05, 0.1) is 11.0 Å². The molecular weight excluding hydrogens is 302 g/mol. The molecule has 0 aromatic heterocycles. The smallest absolute Gasteiger partial charge is 0.153 e. The van der Waals surface area contributed by atoms with Gasteiger partial charge in [0, 0.05) is 17.9 Å². The van der Waals surface area contributed by atoms with E-state index in [9.17, 15) is 8.42 Å². The quantitative estimate of drug-likeness (QED) is 0.704. The van der Waals surface area contributed by atoms with Crippen molar-refractivity contribution in [3.63, 3.8) is 0 Å². The third-order valence-electron chi connectivity index (χ3n) is 3.57. The zero-order chi connectivity index (χ0) is 12.9. The van der Waals surface area contributed by atoms with E-state index in [2.05, 4.69) is 20.8 Å². The van der Waals surface area contributed by atoms with Gasteiger partial charge in [-0.15, -0.1) is 0 Å². The molecule has 1 rings (SSSR count). The number of alkyl halides is 1. The van der Waals surface area contributed by atoms with Crippen molar-refractivity contribution in [3.05, 3.63) is 0 Å². The van der Waals surface area contributed by atoms with E-state index in [1.165, 1.54) is 19.3 Å². The Hall–Kier alpha value is 0.390. The Labute approximate surface area is 114 Å². The van der Waals surface area contributed by atoms with Crippen LogP contribution >= 0.6 is 15.9 Å². The van der Waals surface area contributed by atoms with Gasteiger partial charge < -0.3 is 0 Å². The highest BCUT2D eigenvalue weighted by atomic mass is 79.9. The molecular formula is C12H24BrNO2S. The molecule has 1 heterocycles. The van der Waals surface area contributed by atoms with E-state index in [0.29, 0.717) is 18.3 Å². The summed E-state index contributed by atoms with van der Waals surface area (Å²) in [6.07, 6.45) is 4.83. The molecule has 0 aromatic rings. The van der Waals surface area contributed by atoms with Crippen LogP contribution in [-0.2, 0) is 9.84 Å². The lowest BCUT2D eigenvalue weighted by atomic mass is 10.0. The molecule has 1 atom stereocenters. The Morgan fingerprint density at radius 3 is 2.65 bits per heavy atom. The second-order valence-corrected chi connectivity index (χ2v) is 8.55. The maximum Gasteiger partial charge on any atom is 0.153 e. The second-order valence-electron chi connectivity index (χ2n) is 5.08. The van der Waals surface area contributed by atoms with Crippen LogP contribution in [0.25, 0.3) is 0 Å². The molecule has 1 aliphatic rings. The van der Waals surface area contributed by atoms with Gasteiger partial charge in [-0.05, 0) is 39.7 Å². The third kappa shape index (κ3) is 4.87. The van der Waals surface area contributed by atoms with Crippen LogP contribution in [0.5, 0.6) is 0 Å². The zero-order valence-corrected chi connectivity index (χ0v) is 13.3. The number of rotatable bonds is 6. The highest BCUT2D eigenvalue weighted by molar-refractivity contribution is 9.09. The first-order valence-corrected chi connectivity index (χ1v) is 9.32. The Bertz CT molecular complexity index is 314. The fourth-order valence-corrected chi connectivity index (χ4v) is 3.78. The van der Waals surface area contributed by atoms with Gasteiger partial charge in [0.1, 0.15) is 0 Å². The van der Waals surface area contributed by atoms with Crippen LogP contribution < -0.4 is 0 Å². The van der Waals surface area contributed by atoms with Crippen LogP contribution in [0.3, 0.4) is 0 Å². The summed E-state index contributed by atoms with van der Waals surface area (Å²) in [5.41, 5.74) is 0. The van der Waals surface area contributed by atoms with E-state index < -0.39 is 9.84 Å². The molecule has 102 valence electrons. The summed E-state index contributed by atoms with van der Waals surface area (Å²) in [5.74, 6) is 0.309. The number of hydrogen-bond donors (Lipinski definition) is 0. The first-order chi connectivity index (χ1) is 7.97. The Balaban J connectivity index is 2.48. The minimum Gasteiger partial charge on any atom is -0.299 e. The Morgan fingerprint density at radius 2 is 2.06 bits per heavy atom. The highest BCUT2D eigenvalue weighted by Crippen LogP contribution is 2.20. The number of hydrogen-bond acceptors (Lipinski definition) is 3. The van der Waals surface area contributed by atoms with Crippen molar-refractivity contribution in [1.82, 2.24) is 4.90 Å². The van der Waals surface area contributed by atoms with Crippen molar-refractivity contribution in [1.29, 1.82) is 0 Å². The zero-order valence-electron chi connectivity index (χ0n) is 10.9. The Morgan fingerprint density at radius 1 is 1.35 bits per heavy atom. The topological polar surface area (TPSA) is 37.4 Å². The molecule has 0 bridgehead atoms. The van der Waals surface area contributed by atoms with E-state index in [1.807, 2.05) is 0 Å². The van der Waals surface area contributed by atoms with E-state index in [1.54, 1.807) is 13.8 Å². The maximum atomic E-state index is 11.8. The van der Waals surface area contributed by atoms with Gasteiger partial charge in [-0.25, -0.2) is 8.42 Å². The van der Waals surface area contributed by atoms with Gasteiger partial charge in [-0.1, -0.05) is 22.4 Å². The van der Waals surface area contributed by atoms with E-state index in [4.69, 9.17) is 0 Å². The van der Waals surface area contributed by atoms with Crippen molar-refractivity contribution in [3.8, 4) is 0 Å². The minimum absolute atomic E-state index is 0.248. The van der Waals surface area contributed by atoms with Gasteiger partial charge >= 0.3 is 0 Å². The van der Waals surface area contributed by atoms with Crippen LogP contribution in [0, 0.1) is 0 Å². The molecule has 5 heteroatoms. The molecule has 0 radical (unpaired) electrons. The summed E-state index contributed by atoms with van der Waals surface area (Å²) in [6, 6.07) is 0.575. The predicted octanol–water partition coefficient (Wildman–Crippen LogP) is 2.45. The SMILES string of the molecule is CC(C)S(=O)(=O)CCN1CCCCC1CCBr. The number of nitrogens with zero attached hydrogens (tertiary/aromatic N) is 1. The molecule has 0 saturated carbocycles. The summed E-state index contributed by atoms with van der Waals surface area (Å²) >= 11 is 3.48. The fraction of sp³-hybridized carbons (Fsp3) is 1.00. The standard InChI is InChI=1S/C12H24BrNO2S/c1-11(2)17(15,16)10-9-14-8-4-3-5-12(14)6-7-13/h11-12H,3-10H2,1-2H3. The summed E-state index contributed by atoms with van der Waals surface area (Å²) in [5, 5.41) is 0.757. The monoisotopic (exact) mass is 325 g/mol. The van der Waals surface area contributed by atoms with Crippen molar-refractivity contribution < 1.29 is 8.42 Å². The molecule has 0 aliphatic carbocycles. The molecule has 1 unspecified atom stereocenters. The lowest BCUT2D eigenvalue weighted by Crippen LogP contribution is -2.42. The number of sulfone groups is 1. The molecule has 17 heavy (non-hydrogen) atoms. The van der Waals surface area contributed by atoms with E-state index in [0.717, 1.165) is 18.3 Å². The molecule has 1 aliphatic heterocycles. The molecule has 0 N–H and O–H groups in total. The van der Waals surface area contributed by atoms with Crippen molar-refractivity contribution in [2.75, 3.05) is 24.2 Å². The fourth-order valence-electron chi connectivity index (χ4n) is 2.29. The van der Waals surface area contributed by atoms with Crippen LogP contribution in [-0.4, -0.2) is 48.8 Å². The Kier molecular flexibility index (Phi) is 6.45. The van der Waals surface area contributed by atoms with Crippen LogP contribution in [0.2, 0.25) is 0 Å². The average molecular weight is 326 g/mol. The first kappa shape index (κ1) is 15.4. The lowest BCUT2D eigenvalue weighted by Gasteiger charge is -2.35. The molecule has 3 nitrogen and oxygen atoms in total. The van der Waals surface area contributed by atoms with Gasteiger partial charge in [-0.2, -0.15) is 0 Å². The molecule has 0 spiro atoms. The normalized spacial score (nSPS) is 23.2. The molecule has 0 aromatic carbocycles. The predicted molar refractivity (Wildman–Crippen MR) is 76.5 cm³/mol. The number of halogens is 1. The first-order valence-electron chi connectivity index (χ1n) is 6.49. The van der Waals surface area contributed by atoms with Crippen LogP contribution in [0.1, 0.15) is 39.5 Å². The number of piperidine rings is 1. The minimum atomic E-state index is -2.89. The summed E-state index contributed by atoms with van der Waals surface area (Å²) < 4.78 is 23.6. The third-order valence-corrected chi connectivity index (χ3v) is 6.22. The second kappa shape index (κ2) is 7.10. The number of likely N-dealkylation sites (tertiary alicyclic amines) is 1.